The first-order valence-electron chi connectivity index (χ1n) is 9.53. The number of rotatable bonds is 7. The van der Waals surface area contributed by atoms with Crippen LogP contribution in [0.1, 0.15) is 28.4 Å². The van der Waals surface area contributed by atoms with E-state index in [1.54, 1.807) is 66.7 Å². The molecule has 0 aliphatic rings. The molecule has 0 aliphatic heterocycles. The summed E-state index contributed by atoms with van der Waals surface area (Å²) in [6.07, 6.45) is 0. The highest BCUT2D eigenvalue weighted by atomic mass is 32.2. The molecule has 2 N–H and O–H groups in total. The van der Waals surface area contributed by atoms with Gasteiger partial charge in [0.1, 0.15) is 5.75 Å². The van der Waals surface area contributed by atoms with Gasteiger partial charge in [-0.05, 0) is 92.6 Å². The van der Waals surface area contributed by atoms with Gasteiger partial charge >= 0.3 is 0 Å². The van der Waals surface area contributed by atoms with Crippen molar-refractivity contribution in [2.24, 2.45) is 0 Å². The van der Waals surface area contributed by atoms with E-state index >= 15 is 0 Å². The maximum absolute atomic E-state index is 12.6. The van der Waals surface area contributed by atoms with Gasteiger partial charge in [-0.15, -0.1) is 0 Å². The molecule has 7 heteroatoms. The maximum Gasteiger partial charge on any atom is 0.261 e. The summed E-state index contributed by atoms with van der Waals surface area (Å²) in [6.45, 7) is 6.27. The van der Waals surface area contributed by atoms with Gasteiger partial charge in [0.2, 0.25) is 0 Å². The Balaban J connectivity index is 1.67. The third-order valence-electron chi connectivity index (χ3n) is 4.61. The number of hydrogen-bond donors (Lipinski definition) is 2. The lowest BCUT2D eigenvalue weighted by Gasteiger charge is -2.11. The molecule has 0 saturated heterocycles. The van der Waals surface area contributed by atoms with Crippen LogP contribution in [0.15, 0.2) is 71.6 Å². The highest BCUT2D eigenvalue weighted by molar-refractivity contribution is 7.92. The van der Waals surface area contributed by atoms with E-state index in [0.29, 0.717) is 23.5 Å². The first-order chi connectivity index (χ1) is 14.3. The van der Waals surface area contributed by atoms with Crippen LogP contribution in [0.3, 0.4) is 0 Å². The summed E-state index contributed by atoms with van der Waals surface area (Å²) in [5, 5.41) is 2.80. The average Bonchev–Trinajstić information content (AvgIpc) is 2.72. The lowest BCUT2D eigenvalue weighted by atomic mass is 10.1. The number of carbonyl (C=O) groups is 1. The molecule has 6 nitrogen and oxygen atoms in total. The molecule has 0 unspecified atom stereocenters. The maximum atomic E-state index is 12.6. The molecule has 0 fully saturated rings. The molecule has 30 heavy (non-hydrogen) atoms. The minimum absolute atomic E-state index is 0.197. The number of carbonyl (C=O) groups excluding carboxylic acids is 1. The number of aryl methyl sites for hydroxylation is 2. The quantitative estimate of drug-likeness (QED) is 0.573. The Bertz CT molecular complexity index is 1140. The van der Waals surface area contributed by atoms with Crippen LogP contribution in [0.5, 0.6) is 5.75 Å². The first-order valence-corrected chi connectivity index (χ1v) is 11.0. The van der Waals surface area contributed by atoms with Crippen LogP contribution in [0.2, 0.25) is 0 Å². The molecule has 0 atom stereocenters. The van der Waals surface area contributed by atoms with E-state index < -0.39 is 10.0 Å². The molecule has 3 rings (SSSR count). The van der Waals surface area contributed by atoms with E-state index in [2.05, 4.69) is 10.0 Å². The van der Waals surface area contributed by atoms with Gasteiger partial charge in [-0.1, -0.05) is 6.07 Å². The van der Waals surface area contributed by atoms with Gasteiger partial charge in [0, 0.05) is 16.9 Å². The predicted molar refractivity (Wildman–Crippen MR) is 119 cm³/mol. The van der Waals surface area contributed by atoms with Crippen molar-refractivity contribution in [1.82, 2.24) is 0 Å². The predicted octanol–water partition coefficient (Wildman–Crippen LogP) is 4.76. The van der Waals surface area contributed by atoms with Gasteiger partial charge in [0.05, 0.1) is 11.5 Å². The second-order valence-corrected chi connectivity index (χ2v) is 8.52. The normalized spacial score (nSPS) is 11.0. The SMILES string of the molecule is CCOc1ccc(NC(=O)c2ccc(NS(=O)(=O)c3ccc(C)c(C)c3)cc2)cc1. The summed E-state index contributed by atoms with van der Waals surface area (Å²) in [6, 6.07) is 18.3. The Morgan fingerprint density at radius 2 is 1.50 bits per heavy atom. The average molecular weight is 425 g/mol. The van der Waals surface area contributed by atoms with Crippen molar-refractivity contribution >= 4 is 27.3 Å². The van der Waals surface area contributed by atoms with Gasteiger partial charge in [-0.25, -0.2) is 8.42 Å². The van der Waals surface area contributed by atoms with Crippen LogP contribution < -0.4 is 14.8 Å². The molecule has 156 valence electrons. The summed E-state index contributed by atoms with van der Waals surface area (Å²) in [7, 11) is -3.71. The Labute approximate surface area is 177 Å². The third-order valence-corrected chi connectivity index (χ3v) is 5.99. The zero-order valence-electron chi connectivity index (χ0n) is 17.1. The summed E-state index contributed by atoms with van der Waals surface area (Å²) in [4.78, 5) is 12.6. The van der Waals surface area contributed by atoms with E-state index in [1.807, 2.05) is 20.8 Å². The van der Waals surface area contributed by atoms with E-state index in [1.165, 1.54) is 0 Å². The van der Waals surface area contributed by atoms with Crippen LogP contribution in [0, 0.1) is 13.8 Å². The molecule has 3 aromatic rings. The summed E-state index contributed by atoms with van der Waals surface area (Å²) in [5.41, 5.74) is 3.36. The number of anilines is 2. The highest BCUT2D eigenvalue weighted by Gasteiger charge is 2.15. The zero-order chi connectivity index (χ0) is 21.7. The van der Waals surface area contributed by atoms with Crippen molar-refractivity contribution in [3.05, 3.63) is 83.4 Å². The van der Waals surface area contributed by atoms with Crippen molar-refractivity contribution in [2.75, 3.05) is 16.6 Å². The van der Waals surface area contributed by atoms with Crippen LogP contribution >= 0.6 is 0 Å². The van der Waals surface area contributed by atoms with E-state index in [4.69, 9.17) is 4.74 Å². The standard InChI is InChI=1S/C23H24N2O4S/c1-4-29-21-12-10-19(11-13-21)24-23(26)18-6-8-20(9-7-18)25-30(27,28)22-14-5-16(2)17(3)15-22/h5-15,25H,4H2,1-3H3,(H,24,26). The molecule has 0 heterocycles. The fourth-order valence-corrected chi connectivity index (χ4v) is 3.93. The van der Waals surface area contributed by atoms with Crippen LogP contribution in [-0.2, 0) is 10.0 Å². The van der Waals surface area contributed by atoms with Crippen molar-refractivity contribution in [3.8, 4) is 5.75 Å². The van der Waals surface area contributed by atoms with Crippen LogP contribution in [0.4, 0.5) is 11.4 Å². The summed E-state index contributed by atoms with van der Waals surface area (Å²) >= 11 is 0. The lowest BCUT2D eigenvalue weighted by molar-refractivity contribution is 0.102. The smallest absolute Gasteiger partial charge is 0.261 e. The van der Waals surface area contributed by atoms with E-state index in [0.717, 1.165) is 16.9 Å². The second-order valence-electron chi connectivity index (χ2n) is 6.84. The van der Waals surface area contributed by atoms with Gasteiger partial charge in [-0.2, -0.15) is 0 Å². The Morgan fingerprint density at radius 3 is 2.10 bits per heavy atom. The fraction of sp³-hybridized carbons (Fsp3) is 0.174. The zero-order valence-corrected chi connectivity index (χ0v) is 17.9. The molecule has 0 aliphatic carbocycles. The van der Waals surface area contributed by atoms with Crippen LogP contribution in [0.25, 0.3) is 0 Å². The molecule has 0 saturated carbocycles. The van der Waals surface area contributed by atoms with Crippen molar-refractivity contribution in [3.63, 3.8) is 0 Å². The van der Waals surface area contributed by atoms with E-state index in [9.17, 15) is 13.2 Å². The Hall–Kier alpha value is -3.32. The Morgan fingerprint density at radius 1 is 0.867 bits per heavy atom. The van der Waals surface area contributed by atoms with Gasteiger partial charge in [-0.3, -0.25) is 9.52 Å². The topological polar surface area (TPSA) is 84.5 Å². The number of ether oxygens (including phenoxy) is 1. The van der Waals surface area contributed by atoms with E-state index in [-0.39, 0.29) is 10.8 Å². The number of amides is 1. The van der Waals surface area contributed by atoms with Crippen molar-refractivity contribution < 1.29 is 17.9 Å². The number of benzene rings is 3. The minimum atomic E-state index is -3.71. The largest absolute Gasteiger partial charge is 0.494 e. The lowest BCUT2D eigenvalue weighted by Crippen LogP contribution is -2.14. The molecule has 0 aromatic heterocycles. The minimum Gasteiger partial charge on any atom is -0.494 e. The summed E-state index contributed by atoms with van der Waals surface area (Å²) < 4.78 is 33.1. The molecule has 1 amide bonds. The molecule has 0 bridgehead atoms. The summed E-state index contributed by atoms with van der Waals surface area (Å²) in [5.74, 6) is 0.443. The van der Waals surface area contributed by atoms with Gasteiger partial charge in [0.25, 0.3) is 15.9 Å². The number of hydrogen-bond acceptors (Lipinski definition) is 4. The van der Waals surface area contributed by atoms with Crippen molar-refractivity contribution in [1.29, 1.82) is 0 Å². The molecular formula is C23H24N2O4S. The molecule has 3 aromatic carbocycles. The monoisotopic (exact) mass is 424 g/mol. The fourth-order valence-electron chi connectivity index (χ4n) is 2.79. The van der Waals surface area contributed by atoms with Crippen molar-refractivity contribution in [2.45, 2.75) is 25.7 Å². The van der Waals surface area contributed by atoms with Gasteiger partial charge in [0.15, 0.2) is 0 Å². The third kappa shape index (κ3) is 5.18. The number of sulfonamides is 1. The molecule has 0 spiro atoms. The number of nitrogens with one attached hydrogen (secondary N) is 2. The first kappa shape index (κ1) is 21.4. The second kappa shape index (κ2) is 9.00. The van der Waals surface area contributed by atoms with Crippen LogP contribution in [-0.4, -0.2) is 20.9 Å². The highest BCUT2D eigenvalue weighted by Crippen LogP contribution is 2.20. The Kier molecular flexibility index (Phi) is 6.42. The molecule has 0 radical (unpaired) electrons. The van der Waals surface area contributed by atoms with Gasteiger partial charge < -0.3 is 10.1 Å². The molecular weight excluding hydrogens is 400 g/mol.